The van der Waals surface area contributed by atoms with Crippen LogP contribution < -0.4 is 4.74 Å². The molecule has 2 aromatic carbocycles. The summed E-state index contributed by atoms with van der Waals surface area (Å²) >= 11 is 0. The summed E-state index contributed by atoms with van der Waals surface area (Å²) in [6.07, 6.45) is 4.95. The average molecular weight is 434 g/mol. The molecule has 1 nitrogen and oxygen atoms in total. The Morgan fingerprint density at radius 2 is 1.52 bits per heavy atom. The Labute approximate surface area is 192 Å². The minimum Gasteiger partial charge on any atom is -0.496 e. The van der Waals surface area contributed by atoms with Crippen LogP contribution in [-0.4, -0.2) is 15.9 Å². The van der Waals surface area contributed by atoms with Gasteiger partial charge in [-0.15, -0.1) is 0 Å². The lowest BCUT2D eigenvalue weighted by atomic mass is 9.71. The Bertz CT molecular complexity index is 983. The van der Waals surface area contributed by atoms with Gasteiger partial charge in [-0.1, -0.05) is 104 Å². The topological polar surface area (TPSA) is 9.23 Å². The molecule has 2 aromatic rings. The lowest BCUT2D eigenvalue weighted by Gasteiger charge is -2.34. The molecule has 0 aromatic heterocycles. The van der Waals surface area contributed by atoms with Crippen LogP contribution in [0.4, 0.5) is 0 Å². The molecule has 3 rings (SSSR count). The zero-order valence-electron chi connectivity index (χ0n) is 21.4. The molecule has 0 saturated carbocycles. The Morgan fingerprint density at radius 1 is 0.871 bits per heavy atom. The second-order valence-corrected chi connectivity index (χ2v) is 14.1. The summed E-state index contributed by atoms with van der Waals surface area (Å²) in [5, 5.41) is 0. The van der Waals surface area contributed by atoms with Crippen LogP contribution in [-0.2, 0) is 10.8 Å². The first-order valence-electron chi connectivity index (χ1n) is 11.8. The van der Waals surface area contributed by atoms with E-state index in [1.807, 2.05) is 0 Å². The lowest BCUT2D eigenvalue weighted by Crippen LogP contribution is -2.24. The Hall–Kier alpha value is -1.80. The standard InChI is InChI=1S/C29H41OSi/c1-11-13-19-18-23-20(14-12-15-22(23)27(19)31(9)10)21-16-17-24(30-8)26(29(5,6)7)25(21)28(2,3)4/h12,14-18,27H,11,13H2,1-10H3. The van der Waals surface area contributed by atoms with Crippen molar-refractivity contribution >= 4 is 14.9 Å². The number of allylic oxidation sites excluding steroid dienone is 1. The van der Waals surface area contributed by atoms with Gasteiger partial charge in [0.2, 0.25) is 0 Å². The summed E-state index contributed by atoms with van der Waals surface area (Å²) in [6, 6.07) is 11.5. The van der Waals surface area contributed by atoms with Gasteiger partial charge in [-0.3, -0.25) is 0 Å². The molecule has 1 aliphatic rings. The van der Waals surface area contributed by atoms with Crippen LogP contribution >= 0.6 is 0 Å². The van der Waals surface area contributed by atoms with Gasteiger partial charge in [-0.05, 0) is 56.7 Å². The van der Waals surface area contributed by atoms with Crippen LogP contribution in [0.3, 0.4) is 0 Å². The van der Waals surface area contributed by atoms with Crippen LogP contribution in [0.2, 0.25) is 13.1 Å². The monoisotopic (exact) mass is 433 g/mol. The van der Waals surface area contributed by atoms with Crippen molar-refractivity contribution in [1.82, 2.24) is 0 Å². The van der Waals surface area contributed by atoms with E-state index in [1.165, 1.54) is 40.7 Å². The highest BCUT2D eigenvalue weighted by Crippen LogP contribution is 2.49. The normalized spacial score (nSPS) is 16.5. The third kappa shape index (κ3) is 4.42. The maximum Gasteiger partial charge on any atom is 0.122 e. The van der Waals surface area contributed by atoms with Gasteiger partial charge in [0.1, 0.15) is 5.75 Å². The smallest absolute Gasteiger partial charge is 0.122 e. The summed E-state index contributed by atoms with van der Waals surface area (Å²) in [5.74, 6) is 1.00. The maximum atomic E-state index is 5.88. The molecule has 167 valence electrons. The minimum absolute atomic E-state index is 0.00331. The number of methoxy groups -OCH3 is 1. The van der Waals surface area contributed by atoms with Gasteiger partial charge in [-0.2, -0.15) is 0 Å². The van der Waals surface area contributed by atoms with E-state index >= 15 is 0 Å². The first kappa shape index (κ1) is 23.9. The van der Waals surface area contributed by atoms with Crippen LogP contribution in [0.5, 0.6) is 5.75 Å². The van der Waals surface area contributed by atoms with Gasteiger partial charge < -0.3 is 4.74 Å². The van der Waals surface area contributed by atoms with Gasteiger partial charge >= 0.3 is 0 Å². The number of hydrogen-bond acceptors (Lipinski definition) is 1. The van der Waals surface area contributed by atoms with E-state index in [9.17, 15) is 0 Å². The molecule has 1 radical (unpaired) electrons. The molecule has 0 amide bonds. The molecular formula is C29H41OSi. The van der Waals surface area contributed by atoms with Gasteiger partial charge in [-0.25, -0.2) is 0 Å². The van der Waals surface area contributed by atoms with Crippen molar-refractivity contribution < 1.29 is 4.74 Å². The Kier molecular flexibility index (Phi) is 6.63. The van der Waals surface area contributed by atoms with Crippen molar-refractivity contribution in [2.75, 3.05) is 7.11 Å². The van der Waals surface area contributed by atoms with Crippen molar-refractivity contribution in [2.45, 2.75) is 90.8 Å². The average Bonchev–Trinajstić information content (AvgIpc) is 3.04. The number of ether oxygens (including phenoxy) is 1. The molecule has 1 atom stereocenters. The van der Waals surface area contributed by atoms with Crippen molar-refractivity contribution in [2.24, 2.45) is 0 Å². The summed E-state index contributed by atoms with van der Waals surface area (Å²) in [5.41, 5.74) is 10.8. The first-order chi connectivity index (χ1) is 14.4. The minimum atomic E-state index is -0.460. The van der Waals surface area contributed by atoms with E-state index < -0.39 is 8.80 Å². The van der Waals surface area contributed by atoms with Crippen LogP contribution in [0, 0.1) is 0 Å². The fourth-order valence-electron chi connectivity index (χ4n) is 5.39. The highest BCUT2D eigenvalue weighted by atomic mass is 28.3. The second-order valence-electron chi connectivity index (χ2n) is 11.4. The molecule has 1 aliphatic carbocycles. The molecule has 0 bridgehead atoms. The molecule has 31 heavy (non-hydrogen) atoms. The second kappa shape index (κ2) is 8.62. The van der Waals surface area contributed by atoms with E-state index in [0.29, 0.717) is 5.54 Å². The predicted molar refractivity (Wildman–Crippen MR) is 139 cm³/mol. The highest BCUT2D eigenvalue weighted by Gasteiger charge is 2.34. The first-order valence-corrected chi connectivity index (χ1v) is 14.3. The van der Waals surface area contributed by atoms with E-state index in [4.69, 9.17) is 4.74 Å². The fourth-order valence-corrected chi connectivity index (χ4v) is 7.23. The summed E-state index contributed by atoms with van der Waals surface area (Å²) in [7, 11) is 1.34. The van der Waals surface area contributed by atoms with E-state index in [2.05, 4.69) is 98.0 Å². The maximum absolute atomic E-state index is 5.88. The fraction of sp³-hybridized carbons (Fsp3) is 0.517. The predicted octanol–water partition coefficient (Wildman–Crippen LogP) is 8.53. The zero-order valence-corrected chi connectivity index (χ0v) is 22.4. The number of benzene rings is 2. The van der Waals surface area contributed by atoms with E-state index in [0.717, 1.165) is 5.75 Å². The number of rotatable bonds is 5. The van der Waals surface area contributed by atoms with Gasteiger partial charge in [0.15, 0.2) is 0 Å². The quantitative estimate of drug-likeness (QED) is 0.429. The van der Waals surface area contributed by atoms with Crippen molar-refractivity contribution in [3.8, 4) is 16.9 Å². The largest absolute Gasteiger partial charge is 0.496 e. The zero-order chi connectivity index (χ0) is 23.1. The summed E-state index contributed by atoms with van der Waals surface area (Å²) in [6.45, 7) is 21.2. The van der Waals surface area contributed by atoms with Gasteiger partial charge in [0.05, 0.1) is 15.9 Å². The summed E-state index contributed by atoms with van der Waals surface area (Å²) < 4.78 is 5.88. The number of hydrogen-bond donors (Lipinski definition) is 0. The molecule has 0 aliphatic heterocycles. The molecular weight excluding hydrogens is 392 g/mol. The lowest BCUT2D eigenvalue weighted by molar-refractivity contribution is 0.392. The van der Waals surface area contributed by atoms with Crippen molar-refractivity contribution in [3.05, 3.63) is 58.2 Å². The molecule has 0 heterocycles. The third-order valence-corrected chi connectivity index (χ3v) is 8.28. The molecule has 2 heteroatoms. The SMILES string of the molecule is CCCC1=Cc2c(-c3ccc(OC)c(C(C)(C)C)c3C(C)(C)C)cccc2C1[Si](C)C. The van der Waals surface area contributed by atoms with Crippen LogP contribution in [0.1, 0.15) is 89.1 Å². The highest BCUT2D eigenvalue weighted by molar-refractivity contribution is 6.58. The Balaban J connectivity index is 2.37. The Morgan fingerprint density at radius 3 is 2.03 bits per heavy atom. The number of fused-ring (bicyclic) bond motifs is 1. The molecule has 0 N–H and O–H groups in total. The molecule has 0 saturated heterocycles. The van der Waals surface area contributed by atoms with Crippen molar-refractivity contribution in [3.63, 3.8) is 0 Å². The molecule has 1 unspecified atom stereocenters. The summed E-state index contributed by atoms with van der Waals surface area (Å²) in [4.78, 5) is 0. The van der Waals surface area contributed by atoms with Gasteiger partial charge in [0, 0.05) is 5.56 Å². The van der Waals surface area contributed by atoms with Gasteiger partial charge in [0.25, 0.3) is 0 Å². The van der Waals surface area contributed by atoms with Crippen LogP contribution in [0.15, 0.2) is 35.9 Å². The van der Waals surface area contributed by atoms with E-state index in [-0.39, 0.29) is 10.8 Å². The molecule has 0 spiro atoms. The van der Waals surface area contributed by atoms with Crippen molar-refractivity contribution in [1.29, 1.82) is 0 Å². The van der Waals surface area contributed by atoms with Crippen LogP contribution in [0.25, 0.3) is 17.2 Å². The van der Waals surface area contributed by atoms with E-state index in [1.54, 1.807) is 18.2 Å². The molecule has 0 fully saturated rings. The third-order valence-electron chi connectivity index (χ3n) is 6.44.